The van der Waals surface area contributed by atoms with Gasteiger partial charge in [0.05, 0.1) is 6.10 Å². The second-order valence-electron chi connectivity index (χ2n) is 7.14. The molecule has 0 saturated heterocycles. The summed E-state index contributed by atoms with van der Waals surface area (Å²) in [6, 6.07) is 4.44. The zero-order valence-electron chi connectivity index (χ0n) is 12.1. The van der Waals surface area contributed by atoms with Gasteiger partial charge in [0.25, 0.3) is 0 Å². The normalized spacial score (nSPS) is 35.4. The van der Waals surface area contributed by atoms with Crippen molar-refractivity contribution in [2.24, 2.45) is 5.41 Å². The Hall–Kier alpha value is -1.15. The quantitative estimate of drug-likeness (QED) is 0.787. The molecule has 0 aromatic heterocycles. The van der Waals surface area contributed by atoms with E-state index in [1.54, 1.807) is 0 Å². The molecular formula is C18H22O2. The van der Waals surface area contributed by atoms with Crippen LogP contribution in [0.25, 0.3) is 0 Å². The smallest absolute Gasteiger partial charge is 0.137 e. The number of carbonyl (C=O) groups is 1. The molecule has 1 aromatic rings. The number of benzene rings is 1. The van der Waals surface area contributed by atoms with Gasteiger partial charge in [-0.3, -0.25) is 4.79 Å². The summed E-state index contributed by atoms with van der Waals surface area (Å²) in [5.74, 6) is 0.901. The molecule has 3 aliphatic rings. The highest BCUT2D eigenvalue weighted by Crippen LogP contribution is 2.56. The number of rotatable bonds is 0. The van der Waals surface area contributed by atoms with Crippen LogP contribution in [0.3, 0.4) is 0 Å². The van der Waals surface area contributed by atoms with Gasteiger partial charge in [-0.2, -0.15) is 0 Å². The van der Waals surface area contributed by atoms with Crippen LogP contribution in [-0.2, 0) is 24.1 Å². The first-order valence-corrected chi connectivity index (χ1v) is 7.93. The molecule has 1 fully saturated rings. The van der Waals surface area contributed by atoms with Gasteiger partial charge >= 0.3 is 0 Å². The van der Waals surface area contributed by atoms with E-state index in [9.17, 15) is 9.90 Å². The molecule has 0 radical (unpaired) electrons. The van der Waals surface area contributed by atoms with E-state index < -0.39 is 0 Å². The summed E-state index contributed by atoms with van der Waals surface area (Å²) in [5.41, 5.74) is 5.80. The van der Waals surface area contributed by atoms with Crippen molar-refractivity contribution in [3.8, 4) is 0 Å². The van der Waals surface area contributed by atoms with Crippen LogP contribution in [0.2, 0.25) is 0 Å². The number of aliphatic hydroxyl groups is 1. The summed E-state index contributed by atoms with van der Waals surface area (Å²) < 4.78 is 0. The molecule has 0 bridgehead atoms. The van der Waals surface area contributed by atoms with Crippen LogP contribution < -0.4 is 0 Å². The number of Topliss-reactive ketones (excluding diaryl/α,β-unsaturated/α-hetero) is 1. The van der Waals surface area contributed by atoms with Crippen LogP contribution in [-0.4, -0.2) is 17.0 Å². The van der Waals surface area contributed by atoms with Crippen LogP contribution in [0.1, 0.15) is 60.8 Å². The predicted molar refractivity (Wildman–Crippen MR) is 77.9 cm³/mol. The molecule has 1 saturated carbocycles. The maximum Gasteiger partial charge on any atom is 0.137 e. The van der Waals surface area contributed by atoms with Crippen LogP contribution >= 0.6 is 0 Å². The predicted octanol–water partition coefficient (Wildman–Crippen LogP) is 2.94. The molecular weight excluding hydrogens is 248 g/mol. The van der Waals surface area contributed by atoms with Crippen molar-refractivity contribution in [3.63, 3.8) is 0 Å². The second kappa shape index (κ2) is 4.17. The number of hydrogen-bond acceptors (Lipinski definition) is 2. The molecule has 106 valence electrons. The molecule has 1 N–H and O–H groups in total. The minimum atomic E-state index is -0.140. The van der Waals surface area contributed by atoms with Gasteiger partial charge < -0.3 is 5.11 Å². The Balaban J connectivity index is 1.82. The summed E-state index contributed by atoms with van der Waals surface area (Å²) in [6.07, 6.45) is 6.37. The first-order chi connectivity index (χ1) is 9.59. The fourth-order valence-electron chi connectivity index (χ4n) is 4.89. The van der Waals surface area contributed by atoms with E-state index in [0.29, 0.717) is 24.5 Å². The standard InChI is InChI=1S/C18H22O2/c1-18-9-8-14-13-5-3-12(19)10-11(13)2-4-15(14)16(18)6-7-17(18)20/h2,4,16-17,20H,3,5-10H2,1H3. The first-order valence-electron chi connectivity index (χ1n) is 7.93. The fourth-order valence-corrected chi connectivity index (χ4v) is 4.89. The lowest BCUT2D eigenvalue weighted by Gasteiger charge is -2.41. The van der Waals surface area contributed by atoms with E-state index in [1.807, 2.05) is 0 Å². The summed E-state index contributed by atoms with van der Waals surface area (Å²) in [7, 11) is 0. The molecule has 0 amide bonds. The van der Waals surface area contributed by atoms with E-state index in [1.165, 1.54) is 22.3 Å². The summed E-state index contributed by atoms with van der Waals surface area (Å²) >= 11 is 0. The molecule has 3 aliphatic carbocycles. The largest absolute Gasteiger partial charge is 0.393 e. The van der Waals surface area contributed by atoms with E-state index in [2.05, 4.69) is 19.1 Å². The third-order valence-electron chi connectivity index (χ3n) is 6.18. The average Bonchev–Trinajstić information content (AvgIpc) is 2.74. The highest BCUT2D eigenvalue weighted by Gasteiger charge is 2.49. The lowest BCUT2D eigenvalue weighted by molar-refractivity contribution is -0.118. The number of hydrogen-bond donors (Lipinski definition) is 1. The van der Waals surface area contributed by atoms with Crippen molar-refractivity contribution in [1.29, 1.82) is 0 Å². The summed E-state index contributed by atoms with van der Waals surface area (Å²) in [5, 5.41) is 10.3. The molecule has 1 aromatic carbocycles. The van der Waals surface area contributed by atoms with Gasteiger partial charge in [-0.25, -0.2) is 0 Å². The van der Waals surface area contributed by atoms with Crippen LogP contribution in [0, 0.1) is 5.41 Å². The van der Waals surface area contributed by atoms with Gasteiger partial charge in [0.15, 0.2) is 0 Å². The highest BCUT2D eigenvalue weighted by atomic mass is 16.3. The van der Waals surface area contributed by atoms with Crippen LogP contribution in [0.5, 0.6) is 0 Å². The molecule has 3 atom stereocenters. The topological polar surface area (TPSA) is 37.3 Å². The zero-order valence-corrected chi connectivity index (χ0v) is 12.1. The molecule has 2 nitrogen and oxygen atoms in total. The number of aliphatic hydroxyl groups excluding tert-OH is 1. The third-order valence-corrected chi connectivity index (χ3v) is 6.18. The minimum Gasteiger partial charge on any atom is -0.393 e. The fraction of sp³-hybridized carbons (Fsp3) is 0.611. The number of fused-ring (bicyclic) bond motifs is 5. The molecule has 3 unspecified atom stereocenters. The Morgan fingerprint density at radius 1 is 1.15 bits per heavy atom. The van der Waals surface area contributed by atoms with E-state index >= 15 is 0 Å². The van der Waals surface area contributed by atoms with Crippen molar-refractivity contribution < 1.29 is 9.90 Å². The van der Waals surface area contributed by atoms with Gasteiger partial charge in [-0.15, -0.1) is 0 Å². The Bertz CT molecular complexity index is 589. The maximum absolute atomic E-state index is 11.6. The highest BCUT2D eigenvalue weighted by molar-refractivity contribution is 5.83. The molecule has 0 aliphatic heterocycles. The lowest BCUT2D eigenvalue weighted by atomic mass is 9.64. The van der Waals surface area contributed by atoms with Crippen molar-refractivity contribution >= 4 is 5.78 Å². The van der Waals surface area contributed by atoms with Gasteiger partial charge in [0, 0.05) is 18.3 Å². The summed E-state index contributed by atoms with van der Waals surface area (Å²) in [4.78, 5) is 11.6. The van der Waals surface area contributed by atoms with E-state index in [-0.39, 0.29) is 11.5 Å². The Morgan fingerprint density at radius 3 is 2.85 bits per heavy atom. The van der Waals surface area contributed by atoms with Crippen LogP contribution in [0.4, 0.5) is 0 Å². The van der Waals surface area contributed by atoms with Gasteiger partial charge in [0.2, 0.25) is 0 Å². The van der Waals surface area contributed by atoms with E-state index in [0.717, 1.165) is 32.1 Å². The molecule has 0 spiro atoms. The summed E-state index contributed by atoms with van der Waals surface area (Å²) in [6.45, 7) is 2.27. The third kappa shape index (κ3) is 1.57. The minimum absolute atomic E-state index is 0.0751. The van der Waals surface area contributed by atoms with Crippen LogP contribution in [0.15, 0.2) is 12.1 Å². The van der Waals surface area contributed by atoms with Crippen molar-refractivity contribution in [2.75, 3.05) is 0 Å². The van der Waals surface area contributed by atoms with Gasteiger partial charge in [-0.05, 0) is 60.3 Å². The number of carbonyl (C=O) groups excluding carboxylic acids is 1. The zero-order chi connectivity index (χ0) is 13.9. The monoisotopic (exact) mass is 270 g/mol. The lowest BCUT2D eigenvalue weighted by Crippen LogP contribution is -2.36. The SMILES string of the molecule is CC12CCc3c(ccc4c3CCC(=O)C4)C1CCC2O. The van der Waals surface area contributed by atoms with Crippen molar-refractivity contribution in [3.05, 3.63) is 34.4 Å². The first kappa shape index (κ1) is 12.6. The molecule has 4 rings (SSSR count). The molecule has 20 heavy (non-hydrogen) atoms. The number of ketones is 1. The Morgan fingerprint density at radius 2 is 2.00 bits per heavy atom. The average molecular weight is 270 g/mol. The Labute approximate surface area is 120 Å². The molecule has 2 heteroatoms. The van der Waals surface area contributed by atoms with E-state index in [4.69, 9.17) is 0 Å². The molecule has 0 heterocycles. The van der Waals surface area contributed by atoms with Gasteiger partial charge in [-0.1, -0.05) is 19.1 Å². The van der Waals surface area contributed by atoms with Gasteiger partial charge in [0.1, 0.15) is 5.78 Å². The van der Waals surface area contributed by atoms with Crippen molar-refractivity contribution in [2.45, 2.75) is 63.9 Å². The Kier molecular flexibility index (Phi) is 2.62. The van der Waals surface area contributed by atoms with Crippen molar-refractivity contribution in [1.82, 2.24) is 0 Å². The maximum atomic E-state index is 11.6. The second-order valence-corrected chi connectivity index (χ2v) is 7.14.